The van der Waals surface area contributed by atoms with E-state index in [1.807, 2.05) is 0 Å². The first-order valence-electron chi connectivity index (χ1n) is 11.0. The summed E-state index contributed by atoms with van der Waals surface area (Å²) >= 11 is 0. The normalized spacial score (nSPS) is 18.1. The molecule has 184 valence electrons. The predicted molar refractivity (Wildman–Crippen MR) is 130 cm³/mol. The lowest BCUT2D eigenvalue weighted by atomic mass is 10.3. The van der Waals surface area contributed by atoms with Gasteiger partial charge in [0.1, 0.15) is 18.6 Å². The Hall–Kier alpha value is -1.00. The Morgan fingerprint density at radius 1 is 0.969 bits per heavy atom. The topological polar surface area (TPSA) is 110 Å². The van der Waals surface area contributed by atoms with E-state index in [9.17, 15) is 9.59 Å². The van der Waals surface area contributed by atoms with Crippen molar-refractivity contribution in [3.63, 3.8) is 0 Å². The molecule has 0 bridgehead atoms. The van der Waals surface area contributed by atoms with Crippen molar-refractivity contribution < 1.29 is 23.8 Å². The van der Waals surface area contributed by atoms with Crippen LogP contribution in [0.2, 0.25) is 0 Å². The molecule has 0 radical (unpaired) electrons. The van der Waals surface area contributed by atoms with Crippen LogP contribution < -0.4 is 21.3 Å². The molecule has 1 heterocycles. The van der Waals surface area contributed by atoms with Gasteiger partial charge in [0, 0.05) is 25.7 Å². The molecule has 0 aromatic rings. The first kappa shape index (κ1) is 29.0. The zero-order valence-corrected chi connectivity index (χ0v) is 21.0. The molecule has 2 amide bonds. The van der Waals surface area contributed by atoms with Crippen LogP contribution in [0.15, 0.2) is 0 Å². The third kappa shape index (κ3) is 16.6. The molecule has 11 heteroatoms. The van der Waals surface area contributed by atoms with E-state index in [1.165, 1.54) is 0 Å². The average molecular weight is 491 g/mol. The van der Waals surface area contributed by atoms with E-state index in [4.69, 9.17) is 14.2 Å². The van der Waals surface area contributed by atoms with Gasteiger partial charge in [0.15, 0.2) is 0 Å². The number of hydrogen-bond acceptors (Lipinski definition) is 9. The van der Waals surface area contributed by atoms with E-state index in [1.54, 1.807) is 28.5 Å². The summed E-state index contributed by atoms with van der Waals surface area (Å²) in [6.07, 6.45) is 1.94. The summed E-state index contributed by atoms with van der Waals surface area (Å²) < 4.78 is 16.5. The maximum absolute atomic E-state index is 11.7. The fourth-order valence-corrected chi connectivity index (χ4v) is 5.30. The Morgan fingerprint density at radius 3 is 2.41 bits per heavy atom. The minimum absolute atomic E-state index is 0.0202. The highest BCUT2D eigenvalue weighted by molar-refractivity contribution is 8.77. The van der Waals surface area contributed by atoms with Crippen molar-refractivity contribution in [2.24, 2.45) is 0 Å². The van der Waals surface area contributed by atoms with Gasteiger partial charge < -0.3 is 35.5 Å². The summed E-state index contributed by atoms with van der Waals surface area (Å²) in [5, 5.41) is 12.5. The quantitative estimate of drug-likeness (QED) is 0.133. The van der Waals surface area contributed by atoms with Gasteiger partial charge in [0.25, 0.3) is 0 Å². The lowest BCUT2D eigenvalue weighted by Gasteiger charge is -2.27. The predicted octanol–water partition coefficient (Wildman–Crippen LogP) is 0.707. The molecular weight excluding hydrogens is 452 g/mol. The number of carbonyl (C=O) groups is 2. The summed E-state index contributed by atoms with van der Waals surface area (Å²) in [4.78, 5) is 23.1. The van der Waals surface area contributed by atoms with Crippen molar-refractivity contribution in [1.29, 1.82) is 0 Å². The highest BCUT2D eigenvalue weighted by Crippen LogP contribution is 2.40. The molecule has 1 aliphatic heterocycles. The Labute approximate surface area is 200 Å². The van der Waals surface area contributed by atoms with Crippen LogP contribution in [0, 0.1) is 11.8 Å². The zero-order valence-electron chi connectivity index (χ0n) is 19.4. The van der Waals surface area contributed by atoms with Gasteiger partial charge in [-0.1, -0.05) is 41.4 Å². The van der Waals surface area contributed by atoms with Gasteiger partial charge >= 0.3 is 0 Å². The highest BCUT2D eigenvalue weighted by Gasteiger charge is 2.22. The molecule has 9 nitrogen and oxygen atoms in total. The van der Waals surface area contributed by atoms with E-state index >= 15 is 0 Å². The van der Waals surface area contributed by atoms with Crippen LogP contribution in [0.3, 0.4) is 0 Å². The van der Waals surface area contributed by atoms with E-state index in [-0.39, 0.29) is 30.5 Å². The van der Waals surface area contributed by atoms with Crippen LogP contribution in [0.25, 0.3) is 0 Å². The second kappa shape index (κ2) is 19.5. The number of carbonyl (C=O) groups excluding carboxylic acids is 2. The van der Waals surface area contributed by atoms with Gasteiger partial charge in [0.05, 0.1) is 31.7 Å². The minimum atomic E-state index is -0.173. The van der Waals surface area contributed by atoms with Crippen LogP contribution in [-0.2, 0) is 23.8 Å². The van der Waals surface area contributed by atoms with Crippen molar-refractivity contribution in [2.45, 2.75) is 50.5 Å². The number of nitrogens with one attached hydrogen (secondary N) is 4. The zero-order chi connectivity index (χ0) is 23.4. The monoisotopic (exact) mass is 490 g/mol. The third-order valence-corrected chi connectivity index (χ3v) is 7.12. The molecule has 0 aromatic carbocycles. The summed E-state index contributed by atoms with van der Waals surface area (Å²) in [5.41, 5.74) is 0.125. The molecule has 2 atom stereocenters. The second-order valence-electron chi connectivity index (χ2n) is 7.28. The minimum Gasteiger partial charge on any atom is -0.370 e. The Kier molecular flexibility index (Phi) is 17.7. The smallest absolute Gasteiger partial charge is 0.246 e. The SMILES string of the molecule is CC#CCNC(=O)COCCOC1CCC(NCCOCC(=O)NCCNC(C)C)SS1. The van der Waals surface area contributed by atoms with Gasteiger partial charge in [-0.2, -0.15) is 0 Å². The first-order valence-corrected chi connectivity index (χ1v) is 13.3. The number of hydrogen-bond donors (Lipinski definition) is 4. The average Bonchev–Trinajstić information content (AvgIpc) is 2.77. The molecule has 1 fully saturated rings. The Balaban J connectivity index is 1.92. The van der Waals surface area contributed by atoms with Crippen LogP contribution >= 0.6 is 21.6 Å². The van der Waals surface area contributed by atoms with E-state index in [0.717, 1.165) is 19.4 Å². The number of amides is 2. The van der Waals surface area contributed by atoms with Gasteiger partial charge in [-0.05, 0) is 19.8 Å². The standard InChI is InChI=1S/C21H38N4O5S2/c1-4-5-8-23-18(26)16-29-13-14-30-21-7-6-20(31-32-21)25-11-12-28-15-19(27)24-10-9-22-17(2)3/h17,20-22,25H,6-16H2,1-3H3,(H,23,26)(H,24,27). The maximum Gasteiger partial charge on any atom is 0.246 e. The highest BCUT2D eigenvalue weighted by atomic mass is 33.1. The molecule has 1 aliphatic rings. The molecule has 32 heavy (non-hydrogen) atoms. The van der Waals surface area contributed by atoms with E-state index in [2.05, 4.69) is 47.0 Å². The summed E-state index contributed by atoms with van der Waals surface area (Å²) in [7, 11) is 3.45. The van der Waals surface area contributed by atoms with E-state index in [0.29, 0.717) is 50.9 Å². The van der Waals surface area contributed by atoms with Gasteiger partial charge in [-0.3, -0.25) is 9.59 Å². The Bertz CT molecular complexity index is 578. The number of ether oxygens (including phenoxy) is 3. The summed E-state index contributed by atoms with van der Waals surface area (Å²) in [6.45, 7) is 9.72. The fourth-order valence-electron chi connectivity index (χ4n) is 2.52. The van der Waals surface area contributed by atoms with Crippen molar-refractivity contribution in [3.8, 4) is 11.8 Å². The van der Waals surface area contributed by atoms with Crippen molar-refractivity contribution in [1.82, 2.24) is 21.3 Å². The second-order valence-corrected chi connectivity index (χ2v) is 9.91. The molecular formula is C21H38N4O5S2. The molecule has 2 unspecified atom stereocenters. The van der Waals surface area contributed by atoms with Crippen LogP contribution in [-0.4, -0.2) is 87.9 Å². The van der Waals surface area contributed by atoms with Gasteiger partial charge in [-0.15, -0.1) is 5.92 Å². The van der Waals surface area contributed by atoms with Crippen molar-refractivity contribution in [2.75, 3.05) is 59.2 Å². The van der Waals surface area contributed by atoms with Crippen molar-refractivity contribution in [3.05, 3.63) is 0 Å². The first-order chi connectivity index (χ1) is 15.5. The summed E-state index contributed by atoms with van der Waals surface area (Å²) in [5.74, 6) is 5.21. The maximum atomic E-state index is 11.7. The molecule has 0 spiro atoms. The summed E-state index contributed by atoms with van der Waals surface area (Å²) in [6, 6.07) is 0.414. The van der Waals surface area contributed by atoms with E-state index < -0.39 is 0 Å². The van der Waals surface area contributed by atoms with Crippen LogP contribution in [0.1, 0.15) is 33.6 Å². The lowest BCUT2D eigenvalue weighted by Crippen LogP contribution is -2.37. The van der Waals surface area contributed by atoms with Crippen molar-refractivity contribution >= 4 is 33.4 Å². The lowest BCUT2D eigenvalue weighted by molar-refractivity contribution is -0.126. The molecule has 4 N–H and O–H groups in total. The van der Waals surface area contributed by atoms with Crippen LogP contribution in [0.4, 0.5) is 0 Å². The fraction of sp³-hybridized carbons (Fsp3) is 0.810. The Morgan fingerprint density at radius 2 is 1.72 bits per heavy atom. The van der Waals surface area contributed by atoms with Crippen LogP contribution in [0.5, 0.6) is 0 Å². The van der Waals surface area contributed by atoms with Gasteiger partial charge in [0.2, 0.25) is 11.8 Å². The van der Waals surface area contributed by atoms with Gasteiger partial charge in [-0.25, -0.2) is 0 Å². The number of rotatable bonds is 17. The molecule has 0 saturated carbocycles. The molecule has 1 rings (SSSR count). The molecule has 0 aliphatic carbocycles. The molecule has 0 aromatic heterocycles. The molecule has 1 saturated heterocycles. The third-order valence-electron chi connectivity index (χ3n) is 4.11. The largest absolute Gasteiger partial charge is 0.370 e.